The lowest BCUT2D eigenvalue weighted by Crippen LogP contribution is -2.48. The summed E-state index contributed by atoms with van der Waals surface area (Å²) in [5.41, 5.74) is -5.06. The Kier molecular flexibility index (Phi) is 8.94. The Morgan fingerprint density at radius 2 is 1.55 bits per heavy atom. The zero-order chi connectivity index (χ0) is 30.0. The number of rotatable bonds is 6. The van der Waals surface area contributed by atoms with Crippen molar-refractivity contribution in [3.63, 3.8) is 0 Å². The average molecular weight is 585 g/mol. The van der Waals surface area contributed by atoms with Crippen LogP contribution in [0.15, 0.2) is 30.3 Å². The molecule has 0 unspecified atom stereocenters. The summed E-state index contributed by atoms with van der Waals surface area (Å²) in [6.07, 6.45) is -16.6. The lowest BCUT2D eigenvalue weighted by molar-refractivity contribution is -0.143. The van der Waals surface area contributed by atoms with Gasteiger partial charge in [0.1, 0.15) is 5.69 Å². The van der Waals surface area contributed by atoms with Gasteiger partial charge in [-0.2, -0.15) is 39.5 Å². The van der Waals surface area contributed by atoms with E-state index in [1.165, 1.54) is 0 Å². The molecule has 15 heteroatoms. The second kappa shape index (κ2) is 11.5. The molecule has 1 aromatic carbocycles. The lowest BCUT2D eigenvalue weighted by atomic mass is 9.93. The monoisotopic (exact) mass is 585 g/mol. The molecule has 0 radical (unpaired) electrons. The van der Waals surface area contributed by atoms with Crippen molar-refractivity contribution < 1.29 is 53.8 Å². The van der Waals surface area contributed by atoms with Crippen molar-refractivity contribution in [3.8, 4) is 0 Å². The van der Waals surface area contributed by atoms with Gasteiger partial charge in [0, 0.05) is 12.5 Å². The Hall–Kier alpha value is -3.52. The van der Waals surface area contributed by atoms with E-state index in [-0.39, 0.29) is 30.5 Å². The van der Waals surface area contributed by atoms with E-state index in [9.17, 15) is 49.1 Å². The van der Waals surface area contributed by atoms with E-state index in [4.69, 9.17) is 4.74 Å². The summed E-state index contributed by atoms with van der Waals surface area (Å²) in [6.45, 7) is 3.23. The van der Waals surface area contributed by atoms with Crippen molar-refractivity contribution in [3.05, 3.63) is 58.4 Å². The third kappa shape index (κ3) is 7.16. The molecule has 2 atom stereocenters. The van der Waals surface area contributed by atoms with E-state index < -0.39 is 77.8 Å². The van der Waals surface area contributed by atoms with Crippen LogP contribution in [-0.2, 0) is 34.5 Å². The molecule has 1 aromatic heterocycles. The predicted octanol–water partition coefficient (Wildman–Crippen LogP) is 7.07. The Bertz CT molecular complexity index is 1210. The number of ether oxygens (including phenoxy) is 1. The molecule has 1 aliphatic heterocycles. The van der Waals surface area contributed by atoms with Crippen LogP contribution in [0, 0.1) is 0 Å². The minimum absolute atomic E-state index is 0.0130. The third-order valence-corrected chi connectivity index (χ3v) is 6.21. The molecule has 40 heavy (non-hydrogen) atoms. The molecule has 2 amide bonds. The van der Waals surface area contributed by atoms with Gasteiger partial charge in [-0.3, -0.25) is 9.69 Å². The highest BCUT2D eigenvalue weighted by Crippen LogP contribution is 2.40. The van der Waals surface area contributed by atoms with Crippen LogP contribution < -0.4 is 10.2 Å². The van der Waals surface area contributed by atoms with Gasteiger partial charge in [-0.15, -0.1) is 0 Å². The molecule has 220 valence electrons. The van der Waals surface area contributed by atoms with E-state index >= 15 is 0 Å². The number of hydrogen-bond acceptors (Lipinski definition) is 4. The topological polar surface area (TPSA) is 71.5 Å². The van der Waals surface area contributed by atoms with Crippen LogP contribution in [0.2, 0.25) is 0 Å². The van der Waals surface area contributed by atoms with Gasteiger partial charge in [-0.05, 0) is 62.1 Å². The number of carbonyl (C=O) groups excluding carboxylic acids is 2. The molecular weight excluding hydrogens is 561 g/mol. The smallest absolute Gasteiger partial charge is 0.433 e. The number of benzene rings is 1. The third-order valence-electron chi connectivity index (χ3n) is 6.21. The maximum Gasteiger partial charge on any atom is 0.433 e. The zero-order valence-electron chi connectivity index (χ0n) is 21.1. The highest BCUT2D eigenvalue weighted by atomic mass is 19.4. The first kappa shape index (κ1) is 31.0. The van der Waals surface area contributed by atoms with Crippen LogP contribution in [0.5, 0.6) is 0 Å². The van der Waals surface area contributed by atoms with Gasteiger partial charge in [0.05, 0.1) is 35.2 Å². The number of anilines is 1. The molecule has 0 bridgehead atoms. The molecule has 0 saturated heterocycles. The Balaban J connectivity index is 1.89. The molecule has 6 nitrogen and oxygen atoms in total. The standard InChI is InChI=1S/C25H24F9N3O3/c1-3-16-12-17(21-18(37(16)22(39)40-4-2)6-7-19(36-21)25(32,33)34)35-20(38)8-5-13-9-14(23(26,27)28)11-15(10-13)24(29,30)31/h6-7,9-11,16-17H,3-5,8,12H2,1-2H3,(H,35,38)/t16-,17+/m1/s1. The number of aryl methyl sites for hydroxylation is 1. The van der Waals surface area contributed by atoms with Crippen molar-refractivity contribution in [1.82, 2.24) is 10.3 Å². The number of aromatic nitrogens is 1. The highest BCUT2D eigenvalue weighted by Gasteiger charge is 2.41. The lowest BCUT2D eigenvalue weighted by Gasteiger charge is -2.39. The van der Waals surface area contributed by atoms with E-state index in [1.807, 2.05) is 0 Å². The number of nitrogens with one attached hydrogen (secondary N) is 1. The van der Waals surface area contributed by atoms with Crippen molar-refractivity contribution in [2.45, 2.75) is 70.1 Å². The largest absolute Gasteiger partial charge is 0.449 e. The number of pyridine rings is 1. The second-order valence-electron chi connectivity index (χ2n) is 9.00. The molecular formula is C25H24F9N3O3. The fourth-order valence-electron chi connectivity index (χ4n) is 4.38. The fourth-order valence-corrected chi connectivity index (χ4v) is 4.38. The first-order valence-electron chi connectivity index (χ1n) is 12.1. The number of halogens is 9. The van der Waals surface area contributed by atoms with Gasteiger partial charge < -0.3 is 10.1 Å². The summed E-state index contributed by atoms with van der Waals surface area (Å²) in [7, 11) is 0. The predicted molar refractivity (Wildman–Crippen MR) is 123 cm³/mol. The van der Waals surface area contributed by atoms with Crippen molar-refractivity contribution in [2.75, 3.05) is 11.5 Å². The number of carbonyl (C=O) groups is 2. The second-order valence-corrected chi connectivity index (χ2v) is 9.00. The first-order chi connectivity index (χ1) is 18.5. The van der Waals surface area contributed by atoms with Gasteiger partial charge >= 0.3 is 24.6 Å². The Labute approximate surface area is 222 Å². The van der Waals surface area contributed by atoms with Crippen molar-refractivity contribution in [2.24, 2.45) is 0 Å². The molecule has 0 saturated carbocycles. The van der Waals surface area contributed by atoms with Gasteiger partial charge in [0.15, 0.2) is 0 Å². The minimum atomic E-state index is -5.06. The first-order valence-corrected chi connectivity index (χ1v) is 12.1. The summed E-state index contributed by atoms with van der Waals surface area (Å²) in [5, 5.41) is 2.48. The SMILES string of the molecule is CCOC(=O)N1c2ccc(C(F)(F)F)nc2[C@@H](NC(=O)CCc2cc(C(F)(F)F)cc(C(F)(F)F)c2)C[C@H]1CC. The normalized spacial score (nSPS) is 17.8. The molecule has 2 aromatic rings. The maximum absolute atomic E-state index is 13.4. The molecule has 0 spiro atoms. The summed E-state index contributed by atoms with van der Waals surface area (Å²) in [6, 6.07) is 0.922. The quantitative estimate of drug-likeness (QED) is 0.368. The van der Waals surface area contributed by atoms with E-state index in [0.717, 1.165) is 11.0 Å². The zero-order valence-corrected chi connectivity index (χ0v) is 21.1. The molecule has 0 fully saturated rings. The summed E-state index contributed by atoms with van der Waals surface area (Å²) >= 11 is 0. The minimum Gasteiger partial charge on any atom is -0.449 e. The molecule has 3 rings (SSSR count). The van der Waals surface area contributed by atoms with Gasteiger partial charge in [0.25, 0.3) is 0 Å². The van der Waals surface area contributed by atoms with Crippen LogP contribution in [0.4, 0.5) is 50.0 Å². The van der Waals surface area contributed by atoms with Crippen LogP contribution >= 0.6 is 0 Å². The van der Waals surface area contributed by atoms with Crippen LogP contribution in [0.25, 0.3) is 0 Å². The number of amides is 2. The summed E-state index contributed by atoms with van der Waals surface area (Å²) in [5.74, 6) is -0.847. The van der Waals surface area contributed by atoms with E-state index in [0.29, 0.717) is 24.6 Å². The summed E-state index contributed by atoms with van der Waals surface area (Å²) in [4.78, 5) is 30.1. The highest BCUT2D eigenvalue weighted by molar-refractivity contribution is 5.90. The summed E-state index contributed by atoms with van der Waals surface area (Å²) < 4.78 is 124. The van der Waals surface area contributed by atoms with Crippen molar-refractivity contribution >= 4 is 17.7 Å². The molecule has 0 aliphatic carbocycles. The molecule has 1 N–H and O–H groups in total. The van der Waals surface area contributed by atoms with E-state index in [2.05, 4.69) is 10.3 Å². The average Bonchev–Trinajstić information content (AvgIpc) is 2.85. The number of alkyl halides is 9. The van der Waals surface area contributed by atoms with Crippen LogP contribution in [0.1, 0.15) is 67.2 Å². The number of fused-ring (bicyclic) bond motifs is 1. The van der Waals surface area contributed by atoms with E-state index in [1.54, 1.807) is 13.8 Å². The Morgan fingerprint density at radius 1 is 0.950 bits per heavy atom. The van der Waals surface area contributed by atoms with Crippen LogP contribution in [0.3, 0.4) is 0 Å². The maximum atomic E-state index is 13.4. The Morgan fingerprint density at radius 3 is 2.05 bits per heavy atom. The molecule has 2 heterocycles. The van der Waals surface area contributed by atoms with Gasteiger partial charge in [0.2, 0.25) is 5.91 Å². The van der Waals surface area contributed by atoms with Gasteiger partial charge in [-0.1, -0.05) is 6.92 Å². The van der Waals surface area contributed by atoms with Gasteiger partial charge in [-0.25, -0.2) is 9.78 Å². The number of nitrogens with zero attached hydrogens (tertiary/aromatic N) is 2. The number of hydrogen-bond donors (Lipinski definition) is 1. The van der Waals surface area contributed by atoms with Crippen molar-refractivity contribution in [1.29, 1.82) is 0 Å². The van der Waals surface area contributed by atoms with Crippen LogP contribution in [-0.4, -0.2) is 29.6 Å². The molecule has 1 aliphatic rings. The fraction of sp³-hybridized carbons (Fsp3) is 0.480.